The average Bonchev–Trinajstić information content (AvgIpc) is 2.70. The summed E-state index contributed by atoms with van der Waals surface area (Å²) in [6, 6.07) is 21.1. The first kappa shape index (κ1) is 19.9. The van der Waals surface area contributed by atoms with E-state index in [2.05, 4.69) is 0 Å². The summed E-state index contributed by atoms with van der Waals surface area (Å²) in [7, 11) is 1.62. The van der Waals surface area contributed by atoms with Gasteiger partial charge in [0.15, 0.2) is 0 Å². The largest absolute Gasteiger partial charge is 0.497 e. The standard InChI is InChI=1S/C22H20FNO3S/c1-27-19-10-6-16(7-11-19)14-24(15-18-4-2-3-5-21(18)23)28-20-12-8-17(9-13-20)22(25)26/h2-13H,14-15H2,1H3,(H,25,26). The van der Waals surface area contributed by atoms with Crippen LogP contribution >= 0.6 is 11.9 Å². The zero-order valence-electron chi connectivity index (χ0n) is 15.3. The highest BCUT2D eigenvalue weighted by Gasteiger charge is 2.13. The number of methoxy groups -OCH3 is 1. The molecule has 3 aromatic rings. The van der Waals surface area contributed by atoms with Crippen molar-refractivity contribution in [2.24, 2.45) is 0 Å². The SMILES string of the molecule is COc1ccc(CN(Cc2ccccc2F)Sc2ccc(C(=O)O)cc2)cc1. The van der Waals surface area contributed by atoms with Crippen molar-refractivity contribution < 1.29 is 19.0 Å². The first-order valence-electron chi connectivity index (χ1n) is 8.68. The molecule has 0 aliphatic carbocycles. The van der Waals surface area contributed by atoms with Gasteiger partial charge in [0.1, 0.15) is 11.6 Å². The van der Waals surface area contributed by atoms with Gasteiger partial charge < -0.3 is 9.84 Å². The molecular weight excluding hydrogens is 377 g/mol. The average molecular weight is 397 g/mol. The Labute approximate surface area is 167 Å². The van der Waals surface area contributed by atoms with Crippen LogP contribution in [0.4, 0.5) is 4.39 Å². The maximum Gasteiger partial charge on any atom is 0.335 e. The molecule has 0 heterocycles. The second kappa shape index (κ2) is 9.39. The second-order valence-corrected chi connectivity index (χ2v) is 7.33. The lowest BCUT2D eigenvalue weighted by Crippen LogP contribution is -2.16. The minimum atomic E-state index is -0.960. The van der Waals surface area contributed by atoms with Gasteiger partial charge in [0.25, 0.3) is 0 Å². The Bertz CT molecular complexity index is 929. The molecule has 0 atom stereocenters. The summed E-state index contributed by atoms with van der Waals surface area (Å²) in [5.74, 6) is -0.427. The lowest BCUT2D eigenvalue weighted by molar-refractivity contribution is 0.0697. The Hall–Kier alpha value is -2.83. The van der Waals surface area contributed by atoms with E-state index in [1.54, 1.807) is 43.5 Å². The molecule has 1 N–H and O–H groups in total. The predicted octanol–water partition coefficient (Wildman–Crippen LogP) is 5.24. The molecule has 3 aromatic carbocycles. The molecule has 28 heavy (non-hydrogen) atoms. The van der Waals surface area contributed by atoms with Crippen LogP contribution in [0.2, 0.25) is 0 Å². The molecule has 0 aliphatic heterocycles. The number of hydrogen-bond acceptors (Lipinski definition) is 4. The van der Waals surface area contributed by atoms with Gasteiger partial charge in [0.05, 0.1) is 12.7 Å². The topological polar surface area (TPSA) is 49.8 Å². The van der Waals surface area contributed by atoms with Crippen molar-refractivity contribution in [2.75, 3.05) is 7.11 Å². The number of nitrogens with zero attached hydrogens (tertiary/aromatic N) is 1. The van der Waals surface area contributed by atoms with Crippen molar-refractivity contribution in [3.8, 4) is 5.75 Å². The van der Waals surface area contributed by atoms with Crippen molar-refractivity contribution >= 4 is 17.9 Å². The molecule has 0 fully saturated rings. The second-order valence-electron chi connectivity index (χ2n) is 6.16. The summed E-state index contributed by atoms with van der Waals surface area (Å²) >= 11 is 1.46. The fraction of sp³-hybridized carbons (Fsp3) is 0.136. The molecule has 0 spiro atoms. The Morgan fingerprint density at radius 2 is 1.68 bits per heavy atom. The number of carbonyl (C=O) groups is 1. The fourth-order valence-corrected chi connectivity index (χ4v) is 3.65. The van der Waals surface area contributed by atoms with Gasteiger partial charge in [-0.3, -0.25) is 0 Å². The number of rotatable bonds is 8. The summed E-state index contributed by atoms with van der Waals surface area (Å²) in [5, 5.41) is 9.05. The third kappa shape index (κ3) is 5.34. The van der Waals surface area contributed by atoms with Gasteiger partial charge in [-0.25, -0.2) is 13.5 Å². The molecule has 0 saturated carbocycles. The number of carboxylic acids is 1. The van der Waals surface area contributed by atoms with Crippen molar-refractivity contribution in [1.82, 2.24) is 4.31 Å². The van der Waals surface area contributed by atoms with E-state index in [-0.39, 0.29) is 11.4 Å². The molecule has 0 aromatic heterocycles. The molecule has 144 valence electrons. The van der Waals surface area contributed by atoms with Crippen LogP contribution in [0.1, 0.15) is 21.5 Å². The number of carboxylic acid groups (broad SMARTS) is 1. The van der Waals surface area contributed by atoms with Gasteiger partial charge in [-0.2, -0.15) is 0 Å². The molecular formula is C22H20FNO3S. The zero-order valence-corrected chi connectivity index (χ0v) is 16.2. The summed E-state index contributed by atoms with van der Waals surface area (Å²) in [5.41, 5.74) is 1.90. The highest BCUT2D eigenvalue weighted by molar-refractivity contribution is 7.97. The van der Waals surface area contributed by atoms with E-state index in [9.17, 15) is 9.18 Å². The minimum absolute atomic E-state index is 0.236. The van der Waals surface area contributed by atoms with E-state index in [4.69, 9.17) is 9.84 Å². The molecule has 6 heteroatoms. The monoisotopic (exact) mass is 397 g/mol. The van der Waals surface area contributed by atoms with E-state index in [1.807, 2.05) is 34.6 Å². The van der Waals surface area contributed by atoms with Crippen LogP contribution in [-0.2, 0) is 13.1 Å². The first-order valence-corrected chi connectivity index (χ1v) is 9.45. The number of halogens is 1. The molecule has 0 amide bonds. The quantitative estimate of drug-likeness (QED) is 0.527. The third-order valence-corrected chi connectivity index (χ3v) is 5.16. The lowest BCUT2D eigenvalue weighted by atomic mass is 10.2. The molecule has 0 radical (unpaired) electrons. The highest BCUT2D eigenvalue weighted by Crippen LogP contribution is 2.28. The maximum absolute atomic E-state index is 14.2. The Morgan fingerprint density at radius 3 is 2.29 bits per heavy atom. The molecule has 0 unspecified atom stereocenters. The summed E-state index contributed by atoms with van der Waals surface area (Å²) in [4.78, 5) is 11.9. The van der Waals surface area contributed by atoms with Crippen LogP contribution in [0, 0.1) is 5.82 Å². The Kier molecular flexibility index (Phi) is 6.68. The number of ether oxygens (including phenoxy) is 1. The molecule has 0 saturated heterocycles. The predicted molar refractivity (Wildman–Crippen MR) is 108 cm³/mol. The molecule has 0 bridgehead atoms. The summed E-state index contributed by atoms with van der Waals surface area (Å²) in [6.45, 7) is 0.994. The van der Waals surface area contributed by atoms with Gasteiger partial charge in [-0.15, -0.1) is 0 Å². The smallest absolute Gasteiger partial charge is 0.335 e. The number of aromatic carboxylic acids is 1. The van der Waals surface area contributed by atoms with E-state index < -0.39 is 5.97 Å². The van der Waals surface area contributed by atoms with Crippen molar-refractivity contribution in [1.29, 1.82) is 0 Å². The van der Waals surface area contributed by atoms with E-state index in [0.29, 0.717) is 18.7 Å². The van der Waals surface area contributed by atoms with Crippen molar-refractivity contribution in [3.63, 3.8) is 0 Å². The van der Waals surface area contributed by atoms with E-state index in [1.165, 1.54) is 18.0 Å². The molecule has 4 nitrogen and oxygen atoms in total. The van der Waals surface area contributed by atoms with Crippen LogP contribution in [0.15, 0.2) is 77.7 Å². The van der Waals surface area contributed by atoms with Crippen LogP contribution in [0.5, 0.6) is 5.75 Å². The molecule has 0 aliphatic rings. The first-order chi connectivity index (χ1) is 13.5. The van der Waals surface area contributed by atoms with Gasteiger partial charge in [0, 0.05) is 23.5 Å². The third-order valence-electron chi connectivity index (χ3n) is 4.16. The molecule has 3 rings (SSSR count). The summed E-state index contributed by atoms with van der Waals surface area (Å²) in [6.07, 6.45) is 0. The van der Waals surface area contributed by atoms with Crippen LogP contribution in [-0.4, -0.2) is 22.5 Å². The minimum Gasteiger partial charge on any atom is -0.497 e. The number of hydrogen-bond donors (Lipinski definition) is 1. The van der Waals surface area contributed by atoms with Crippen LogP contribution in [0.3, 0.4) is 0 Å². The highest BCUT2D eigenvalue weighted by atomic mass is 32.2. The van der Waals surface area contributed by atoms with Crippen molar-refractivity contribution in [2.45, 2.75) is 18.0 Å². The van der Waals surface area contributed by atoms with Gasteiger partial charge in [-0.05, 0) is 60.0 Å². The fourth-order valence-electron chi connectivity index (χ4n) is 2.68. The maximum atomic E-state index is 14.2. The van der Waals surface area contributed by atoms with Crippen molar-refractivity contribution in [3.05, 3.63) is 95.3 Å². The van der Waals surface area contributed by atoms with E-state index >= 15 is 0 Å². The Morgan fingerprint density at radius 1 is 1.00 bits per heavy atom. The lowest BCUT2D eigenvalue weighted by Gasteiger charge is -2.22. The zero-order chi connectivity index (χ0) is 19.9. The van der Waals surface area contributed by atoms with Gasteiger partial charge in [0.2, 0.25) is 0 Å². The van der Waals surface area contributed by atoms with Gasteiger partial charge >= 0.3 is 5.97 Å². The summed E-state index contributed by atoms with van der Waals surface area (Å²) < 4.78 is 21.4. The number of benzene rings is 3. The van der Waals surface area contributed by atoms with Crippen LogP contribution < -0.4 is 4.74 Å². The van der Waals surface area contributed by atoms with E-state index in [0.717, 1.165) is 16.2 Å². The van der Waals surface area contributed by atoms with Crippen LogP contribution in [0.25, 0.3) is 0 Å². The normalized spacial score (nSPS) is 10.8. The Balaban J connectivity index is 1.80. The van der Waals surface area contributed by atoms with Gasteiger partial charge in [-0.1, -0.05) is 30.3 Å².